The number of H-pyrrole nitrogens is 1. The summed E-state index contributed by atoms with van der Waals surface area (Å²) in [5.74, 6) is 0. The molecule has 1 heteroatoms. The molecule has 0 aliphatic rings. The second-order valence-corrected chi connectivity index (χ2v) is 4.49. The van der Waals surface area contributed by atoms with E-state index in [1.165, 1.54) is 33.3 Å². The number of aryl methyl sites for hydroxylation is 2. The molecule has 84 valence electrons. The third kappa shape index (κ3) is 1.55. The van der Waals surface area contributed by atoms with Crippen molar-refractivity contribution in [1.29, 1.82) is 0 Å². The molecular formula is C16H15N. The number of hydrogen-bond donors (Lipinski definition) is 1. The number of benzene rings is 2. The maximum absolute atomic E-state index is 3.55. The van der Waals surface area contributed by atoms with Crippen LogP contribution in [-0.2, 0) is 0 Å². The summed E-state index contributed by atoms with van der Waals surface area (Å²) in [5.41, 5.74) is 6.36. The summed E-state index contributed by atoms with van der Waals surface area (Å²) < 4.78 is 0. The fraction of sp³-hybridized carbons (Fsp3) is 0.125. The molecule has 0 unspecified atom stereocenters. The number of para-hydroxylation sites is 1. The van der Waals surface area contributed by atoms with Crippen molar-refractivity contribution in [2.24, 2.45) is 0 Å². The molecule has 0 fully saturated rings. The van der Waals surface area contributed by atoms with E-state index in [-0.39, 0.29) is 0 Å². The van der Waals surface area contributed by atoms with Crippen LogP contribution in [0.25, 0.3) is 22.2 Å². The van der Waals surface area contributed by atoms with Crippen LogP contribution in [0.15, 0.2) is 48.5 Å². The largest absolute Gasteiger partial charge is 0.354 e. The van der Waals surface area contributed by atoms with E-state index in [2.05, 4.69) is 61.3 Å². The number of aromatic nitrogens is 1. The molecule has 3 rings (SSSR count). The van der Waals surface area contributed by atoms with E-state index >= 15 is 0 Å². The zero-order valence-corrected chi connectivity index (χ0v) is 10.1. The third-order valence-corrected chi connectivity index (χ3v) is 3.36. The molecule has 1 aromatic heterocycles. The van der Waals surface area contributed by atoms with Crippen LogP contribution in [-0.4, -0.2) is 4.98 Å². The molecule has 0 atom stereocenters. The Kier molecular flexibility index (Phi) is 2.25. The highest BCUT2D eigenvalue weighted by Gasteiger charge is 2.09. The molecule has 0 bridgehead atoms. The van der Waals surface area contributed by atoms with E-state index in [0.29, 0.717) is 0 Å². The molecule has 1 nitrogen and oxygen atoms in total. The Bertz CT molecular complexity index is 663. The van der Waals surface area contributed by atoms with E-state index in [1.54, 1.807) is 0 Å². The van der Waals surface area contributed by atoms with Crippen molar-refractivity contribution in [3.63, 3.8) is 0 Å². The van der Waals surface area contributed by atoms with Crippen LogP contribution in [0.3, 0.4) is 0 Å². The van der Waals surface area contributed by atoms with E-state index in [9.17, 15) is 0 Å². The van der Waals surface area contributed by atoms with Gasteiger partial charge in [-0.15, -0.1) is 0 Å². The summed E-state index contributed by atoms with van der Waals surface area (Å²) in [5, 5.41) is 1.32. The van der Waals surface area contributed by atoms with Crippen LogP contribution < -0.4 is 0 Å². The lowest BCUT2D eigenvalue weighted by Gasteiger charge is -1.99. The van der Waals surface area contributed by atoms with Crippen molar-refractivity contribution in [1.82, 2.24) is 4.98 Å². The predicted octanol–water partition coefficient (Wildman–Crippen LogP) is 4.45. The molecule has 2 aromatic carbocycles. The van der Waals surface area contributed by atoms with Crippen molar-refractivity contribution in [2.75, 3.05) is 0 Å². The quantitative estimate of drug-likeness (QED) is 0.624. The summed E-state index contributed by atoms with van der Waals surface area (Å²) in [6.45, 7) is 4.33. The maximum atomic E-state index is 3.55. The number of aromatic amines is 1. The summed E-state index contributed by atoms with van der Waals surface area (Å²) in [7, 11) is 0. The van der Waals surface area contributed by atoms with Gasteiger partial charge in [-0.25, -0.2) is 0 Å². The number of nitrogens with one attached hydrogen (secondary N) is 1. The van der Waals surface area contributed by atoms with Gasteiger partial charge in [-0.1, -0.05) is 48.5 Å². The molecular weight excluding hydrogens is 206 g/mol. The van der Waals surface area contributed by atoms with Crippen LogP contribution in [0.5, 0.6) is 0 Å². The molecule has 0 aliphatic heterocycles. The van der Waals surface area contributed by atoms with Gasteiger partial charge in [-0.2, -0.15) is 0 Å². The lowest BCUT2D eigenvalue weighted by Crippen LogP contribution is -1.79. The first-order chi connectivity index (χ1) is 8.27. The molecule has 17 heavy (non-hydrogen) atoms. The smallest absolute Gasteiger partial charge is 0.0494 e. The second-order valence-electron chi connectivity index (χ2n) is 4.49. The SMILES string of the molecule is Cc1c(-c2ccccc2)[nH]c2c(C)cccc12. The van der Waals surface area contributed by atoms with Gasteiger partial charge in [0.15, 0.2) is 0 Å². The Balaban J connectivity index is 2.32. The van der Waals surface area contributed by atoms with Crippen molar-refractivity contribution in [3.05, 3.63) is 59.7 Å². The van der Waals surface area contributed by atoms with E-state index in [4.69, 9.17) is 0 Å². The van der Waals surface area contributed by atoms with Gasteiger partial charge < -0.3 is 4.98 Å². The van der Waals surface area contributed by atoms with Gasteiger partial charge in [0.05, 0.1) is 0 Å². The molecule has 1 N–H and O–H groups in total. The van der Waals surface area contributed by atoms with Gasteiger partial charge >= 0.3 is 0 Å². The monoisotopic (exact) mass is 221 g/mol. The number of hydrogen-bond acceptors (Lipinski definition) is 0. The molecule has 1 heterocycles. The Labute approximate surface area is 101 Å². The Hall–Kier alpha value is -2.02. The van der Waals surface area contributed by atoms with Gasteiger partial charge in [-0.3, -0.25) is 0 Å². The lowest BCUT2D eigenvalue weighted by atomic mass is 10.1. The zero-order chi connectivity index (χ0) is 11.8. The van der Waals surface area contributed by atoms with Crippen molar-refractivity contribution >= 4 is 10.9 Å². The minimum absolute atomic E-state index is 1.23. The van der Waals surface area contributed by atoms with Crippen LogP contribution in [0.1, 0.15) is 11.1 Å². The Morgan fingerprint density at radius 2 is 1.59 bits per heavy atom. The summed E-state index contributed by atoms with van der Waals surface area (Å²) >= 11 is 0. The van der Waals surface area contributed by atoms with E-state index in [1.807, 2.05) is 6.07 Å². The molecule has 0 aliphatic carbocycles. The first-order valence-electron chi connectivity index (χ1n) is 5.90. The van der Waals surface area contributed by atoms with Crippen LogP contribution in [0.2, 0.25) is 0 Å². The minimum atomic E-state index is 1.23. The van der Waals surface area contributed by atoms with Gasteiger partial charge in [0.1, 0.15) is 0 Å². The summed E-state index contributed by atoms with van der Waals surface area (Å²) in [4.78, 5) is 3.55. The average Bonchev–Trinajstić information content (AvgIpc) is 2.70. The van der Waals surface area contributed by atoms with Crippen molar-refractivity contribution in [3.8, 4) is 11.3 Å². The fourth-order valence-corrected chi connectivity index (χ4v) is 2.39. The number of fused-ring (bicyclic) bond motifs is 1. The predicted molar refractivity (Wildman–Crippen MR) is 73.2 cm³/mol. The topological polar surface area (TPSA) is 15.8 Å². The third-order valence-electron chi connectivity index (χ3n) is 3.36. The minimum Gasteiger partial charge on any atom is -0.354 e. The first kappa shape index (κ1) is 10.2. The van der Waals surface area contributed by atoms with Crippen LogP contribution in [0, 0.1) is 13.8 Å². The standard InChI is InChI=1S/C16H15N/c1-11-7-6-10-14-12(2)16(17-15(11)14)13-8-4-3-5-9-13/h3-10,17H,1-2H3. The zero-order valence-electron chi connectivity index (χ0n) is 10.1. The fourth-order valence-electron chi connectivity index (χ4n) is 2.39. The van der Waals surface area contributed by atoms with Crippen LogP contribution >= 0.6 is 0 Å². The van der Waals surface area contributed by atoms with E-state index in [0.717, 1.165) is 0 Å². The Morgan fingerprint density at radius 1 is 0.824 bits per heavy atom. The Morgan fingerprint density at radius 3 is 2.29 bits per heavy atom. The van der Waals surface area contributed by atoms with Crippen LogP contribution in [0.4, 0.5) is 0 Å². The highest BCUT2D eigenvalue weighted by atomic mass is 14.7. The van der Waals surface area contributed by atoms with Gasteiger partial charge in [0, 0.05) is 16.6 Å². The molecule has 3 aromatic rings. The average molecular weight is 221 g/mol. The van der Waals surface area contributed by atoms with Gasteiger partial charge in [0.2, 0.25) is 0 Å². The molecule has 0 spiro atoms. The second kappa shape index (κ2) is 3.77. The molecule has 0 radical (unpaired) electrons. The van der Waals surface area contributed by atoms with Crippen molar-refractivity contribution < 1.29 is 0 Å². The lowest BCUT2D eigenvalue weighted by molar-refractivity contribution is 1.39. The van der Waals surface area contributed by atoms with Gasteiger partial charge in [0.25, 0.3) is 0 Å². The molecule has 0 saturated heterocycles. The molecule has 0 saturated carbocycles. The van der Waals surface area contributed by atoms with Gasteiger partial charge in [-0.05, 0) is 30.5 Å². The summed E-state index contributed by atoms with van der Waals surface area (Å²) in [6.07, 6.45) is 0. The van der Waals surface area contributed by atoms with Crippen molar-refractivity contribution in [2.45, 2.75) is 13.8 Å². The summed E-state index contributed by atoms with van der Waals surface area (Å²) in [6, 6.07) is 16.9. The molecule has 0 amide bonds. The normalized spacial score (nSPS) is 10.9. The maximum Gasteiger partial charge on any atom is 0.0494 e. The first-order valence-corrected chi connectivity index (χ1v) is 5.90. The number of rotatable bonds is 1. The van der Waals surface area contributed by atoms with E-state index < -0.39 is 0 Å². The highest BCUT2D eigenvalue weighted by Crippen LogP contribution is 2.30. The highest BCUT2D eigenvalue weighted by molar-refractivity contribution is 5.92.